The second-order valence-electron chi connectivity index (χ2n) is 28.8. The van der Waals surface area contributed by atoms with Crippen LogP contribution in [0.3, 0.4) is 0 Å². The smallest absolute Gasteiger partial charge is 0.193 e. The van der Waals surface area contributed by atoms with Gasteiger partial charge in [0.25, 0.3) is 0 Å². The number of rotatable bonds is 12. The van der Waals surface area contributed by atoms with E-state index in [1.54, 1.807) is 0 Å². The van der Waals surface area contributed by atoms with Crippen LogP contribution in [0.15, 0.2) is 364 Å². The number of hydrogen-bond acceptors (Lipinski definition) is 6. The van der Waals surface area contributed by atoms with Crippen LogP contribution in [0, 0.1) is 113 Å². The molecular weight excluding hydrogens is 1490 g/mol. The highest BCUT2D eigenvalue weighted by Crippen LogP contribution is 2.21. The SMILES string of the molecule is C.C.Cc1ccc(C(=O)c2ccc(C#Cc3ccc(C#Cc4ccc(C(=O)c5ccc(C)cc5)cc4)cc3)cc2)cc1.Cc1ccc(C(=O)c2ccc(C#Cc3cccc(C#Cc4ccc(C(=O)c5ccc(C)cc5)cc4)c3)cc2)cc1.Cc1ccc(C(=O)c2ccc(C#Cc3ccccc3C#Cc3ccc(C(=O)c4ccc(C)cc4)cc3)cc2)cc1. The summed E-state index contributed by atoms with van der Waals surface area (Å²) >= 11 is 0. The van der Waals surface area contributed by atoms with Gasteiger partial charge in [0.1, 0.15) is 0 Å². The molecule has 15 aromatic carbocycles. The zero-order valence-corrected chi connectivity index (χ0v) is 67.1. The van der Waals surface area contributed by atoms with Crippen LogP contribution in [0.25, 0.3) is 0 Å². The van der Waals surface area contributed by atoms with Gasteiger partial charge in [0.2, 0.25) is 0 Å². The van der Waals surface area contributed by atoms with E-state index in [9.17, 15) is 28.8 Å². The second kappa shape index (κ2) is 42.0. The van der Waals surface area contributed by atoms with Gasteiger partial charge in [-0.25, -0.2) is 0 Å². The third-order valence-corrected chi connectivity index (χ3v) is 19.5. The third kappa shape index (κ3) is 24.2. The van der Waals surface area contributed by atoms with Crippen LogP contribution < -0.4 is 0 Å². The summed E-state index contributed by atoms with van der Waals surface area (Å²) < 4.78 is 0. The lowest BCUT2D eigenvalue weighted by atomic mass is 10.0. The molecule has 0 unspecified atom stereocenters. The zero-order chi connectivity index (χ0) is 83.7. The van der Waals surface area contributed by atoms with Crippen LogP contribution in [-0.4, -0.2) is 34.7 Å². The van der Waals surface area contributed by atoms with Crippen LogP contribution in [-0.2, 0) is 0 Å². The minimum Gasteiger partial charge on any atom is -0.289 e. The van der Waals surface area contributed by atoms with E-state index in [4.69, 9.17) is 0 Å². The van der Waals surface area contributed by atoms with Gasteiger partial charge in [-0.15, -0.1) is 0 Å². The fourth-order valence-electron chi connectivity index (χ4n) is 12.3. The van der Waals surface area contributed by atoms with Crippen molar-refractivity contribution in [3.63, 3.8) is 0 Å². The normalized spacial score (nSPS) is 9.89. The molecule has 0 bridgehead atoms. The Morgan fingerprint density at radius 1 is 0.148 bits per heavy atom. The number of carbonyl (C=O) groups is 6. The lowest BCUT2D eigenvalue weighted by Crippen LogP contribution is -2.01. The van der Waals surface area contributed by atoms with Crippen molar-refractivity contribution in [1.29, 1.82) is 0 Å². The van der Waals surface area contributed by atoms with Crippen molar-refractivity contribution in [2.75, 3.05) is 0 Å². The van der Waals surface area contributed by atoms with Crippen molar-refractivity contribution >= 4 is 34.7 Å². The van der Waals surface area contributed by atoms with E-state index in [-0.39, 0.29) is 49.6 Å². The number of benzene rings is 15. The average molecular weight is 1580 g/mol. The molecule has 586 valence electrons. The van der Waals surface area contributed by atoms with E-state index in [1.165, 1.54) is 0 Å². The van der Waals surface area contributed by atoms with Crippen molar-refractivity contribution < 1.29 is 28.8 Å². The van der Waals surface area contributed by atoms with Gasteiger partial charge >= 0.3 is 0 Å². The van der Waals surface area contributed by atoms with Gasteiger partial charge in [-0.05, 0) is 242 Å². The summed E-state index contributed by atoms with van der Waals surface area (Å²) in [6, 6.07) is 113. The molecule has 0 saturated heterocycles. The van der Waals surface area contributed by atoms with Gasteiger partial charge in [-0.3, -0.25) is 28.8 Å². The molecular formula is C116H86O6. The van der Waals surface area contributed by atoms with E-state index >= 15 is 0 Å². The minimum atomic E-state index is -0.00678. The highest BCUT2D eigenvalue weighted by molar-refractivity contribution is 6.12. The number of hydrogen-bond donors (Lipinski definition) is 0. The predicted octanol–water partition coefficient (Wildman–Crippen LogP) is 24.0. The van der Waals surface area contributed by atoms with E-state index in [0.717, 1.165) is 100 Å². The topological polar surface area (TPSA) is 102 Å². The summed E-state index contributed by atoms with van der Waals surface area (Å²) in [5, 5.41) is 0. The molecule has 15 aromatic rings. The number of carbonyl (C=O) groups excluding carboxylic acids is 6. The minimum absolute atomic E-state index is 0. The highest BCUT2D eigenvalue weighted by atomic mass is 16.1. The molecule has 6 heteroatoms. The van der Waals surface area contributed by atoms with E-state index < -0.39 is 0 Å². The Morgan fingerprint density at radius 2 is 0.279 bits per heavy atom. The van der Waals surface area contributed by atoms with Gasteiger partial charge in [-0.2, -0.15) is 0 Å². The summed E-state index contributed by atoms with van der Waals surface area (Å²) in [5.41, 5.74) is 24.7. The maximum atomic E-state index is 12.7. The fourth-order valence-corrected chi connectivity index (χ4v) is 12.3. The Bertz CT molecular complexity index is 6290. The van der Waals surface area contributed by atoms with Crippen molar-refractivity contribution in [3.8, 4) is 71.0 Å². The maximum Gasteiger partial charge on any atom is 0.193 e. The Morgan fingerprint density at radius 3 is 0.443 bits per heavy atom. The maximum absolute atomic E-state index is 12.7. The summed E-state index contributed by atoms with van der Waals surface area (Å²) in [5.74, 6) is 38.1. The first kappa shape index (κ1) is 86.5. The van der Waals surface area contributed by atoms with Gasteiger partial charge in [0.05, 0.1) is 0 Å². The standard InChI is InChI=1S/3C38H26O2.2CH4/c1-27-3-19-33(20-4-27)37(39)35-23-15-31(16-24-35)13-11-29-7-9-30(10-8-29)12-14-32-17-25-36(26-18-32)38(40)34-21-5-28(2)6-22-34;1-27-6-18-33(19-7-27)37(39)35-22-14-29(15-23-35)10-12-31-4-3-5-32(26-31)13-11-30-16-24-36(25-17-30)38(40)34-20-8-28(2)9-21-34;1-27-7-17-33(18-8-27)37(39)35-23-13-29(14-24-35)11-21-31-5-3-4-6-32(31)22-12-30-15-25-36(26-16-30)38(40)34-19-9-28(2)10-20-34;;/h3-10,15-26H,1-2H3;3-9,14-26H,1-2H3;3-10,13-20,23-26H,1-2H3;2*1H4. The van der Waals surface area contributed by atoms with Crippen LogP contribution in [0.5, 0.6) is 0 Å². The number of aryl methyl sites for hydroxylation is 6. The average Bonchev–Trinajstić information content (AvgIpc) is 0.854. The first-order valence-corrected chi connectivity index (χ1v) is 39.1. The van der Waals surface area contributed by atoms with Crippen LogP contribution in [0.4, 0.5) is 0 Å². The molecule has 0 radical (unpaired) electrons. The van der Waals surface area contributed by atoms with Crippen molar-refractivity contribution in [2.45, 2.75) is 56.4 Å². The molecule has 0 aliphatic carbocycles. The molecule has 0 amide bonds. The molecule has 0 aliphatic heterocycles. The molecule has 0 atom stereocenters. The van der Waals surface area contributed by atoms with Crippen molar-refractivity contribution in [3.05, 3.63) is 531 Å². The predicted molar refractivity (Wildman–Crippen MR) is 495 cm³/mol. The molecule has 0 spiro atoms. The zero-order valence-electron chi connectivity index (χ0n) is 67.1. The van der Waals surface area contributed by atoms with Crippen molar-refractivity contribution in [1.82, 2.24) is 0 Å². The summed E-state index contributed by atoms with van der Waals surface area (Å²) in [6.45, 7) is 12.0. The van der Waals surface area contributed by atoms with Gasteiger partial charge in [-0.1, -0.05) is 283 Å². The molecule has 15 rings (SSSR count). The Balaban J connectivity index is 0.000000177. The molecule has 0 heterocycles. The molecule has 0 saturated carbocycles. The molecule has 6 nitrogen and oxygen atoms in total. The van der Waals surface area contributed by atoms with E-state index in [0.29, 0.717) is 66.8 Å². The number of ketones is 6. The fraction of sp³-hybridized carbons (Fsp3) is 0.0690. The Kier molecular flexibility index (Phi) is 29.8. The summed E-state index contributed by atoms with van der Waals surface area (Å²) in [4.78, 5) is 76.2. The Labute approximate surface area is 717 Å². The first-order valence-electron chi connectivity index (χ1n) is 39.1. The highest BCUT2D eigenvalue weighted by Gasteiger charge is 2.15. The quantitative estimate of drug-likeness (QED) is 0.0892. The molecule has 0 aliphatic rings. The van der Waals surface area contributed by atoms with Crippen molar-refractivity contribution in [2.24, 2.45) is 0 Å². The van der Waals surface area contributed by atoms with Crippen LogP contribution in [0.1, 0.15) is 211 Å². The largest absolute Gasteiger partial charge is 0.289 e. The van der Waals surface area contributed by atoms with Gasteiger partial charge in [0, 0.05) is 134 Å². The van der Waals surface area contributed by atoms with E-state index in [2.05, 4.69) is 71.0 Å². The molecule has 122 heavy (non-hydrogen) atoms. The van der Waals surface area contributed by atoms with Crippen LogP contribution in [0.2, 0.25) is 0 Å². The molecule has 0 N–H and O–H groups in total. The molecule has 0 aromatic heterocycles. The van der Waals surface area contributed by atoms with Crippen LogP contribution >= 0.6 is 0 Å². The van der Waals surface area contributed by atoms with Gasteiger partial charge < -0.3 is 0 Å². The monoisotopic (exact) mass is 1570 g/mol. The van der Waals surface area contributed by atoms with Gasteiger partial charge in [0.15, 0.2) is 34.7 Å². The summed E-state index contributed by atoms with van der Waals surface area (Å²) in [6.07, 6.45) is 0. The third-order valence-electron chi connectivity index (χ3n) is 19.5. The molecule has 0 fully saturated rings. The Hall–Kier alpha value is -16.3. The first-order chi connectivity index (χ1) is 58.3. The summed E-state index contributed by atoms with van der Waals surface area (Å²) in [7, 11) is 0. The van der Waals surface area contributed by atoms with E-state index in [1.807, 2.05) is 406 Å². The lowest BCUT2D eigenvalue weighted by Gasteiger charge is -2.02. The lowest BCUT2D eigenvalue weighted by molar-refractivity contribution is 0.103. The second-order valence-corrected chi connectivity index (χ2v) is 28.8.